The predicted molar refractivity (Wildman–Crippen MR) is 123 cm³/mol. The van der Waals surface area contributed by atoms with Crippen LogP contribution in [0.1, 0.15) is 31.1 Å². The second kappa shape index (κ2) is 8.96. The van der Waals surface area contributed by atoms with Crippen LogP contribution in [-0.4, -0.2) is 49.2 Å². The van der Waals surface area contributed by atoms with Crippen LogP contribution in [0, 0.1) is 0 Å². The van der Waals surface area contributed by atoms with Crippen LogP contribution in [-0.2, 0) is 4.79 Å². The van der Waals surface area contributed by atoms with E-state index in [1.54, 1.807) is 67.8 Å². The van der Waals surface area contributed by atoms with Gasteiger partial charge in [-0.05, 0) is 60.7 Å². The SMILES string of the molecule is COc1ccc(NC(=O)CN(C)C(=O)c2ccc(N3C(=O)c4ccccc4C3=O)cc2)cc1. The zero-order chi connectivity index (χ0) is 23.5. The van der Waals surface area contributed by atoms with E-state index in [0.29, 0.717) is 33.8 Å². The molecule has 166 valence electrons. The third-order valence-electron chi connectivity index (χ3n) is 5.27. The number of carbonyl (C=O) groups excluding carboxylic acids is 4. The number of amides is 4. The molecular weight excluding hydrogens is 422 g/mol. The van der Waals surface area contributed by atoms with E-state index in [9.17, 15) is 19.2 Å². The maximum atomic E-state index is 12.7. The van der Waals surface area contributed by atoms with Crippen LogP contribution in [0.5, 0.6) is 5.75 Å². The molecule has 4 amide bonds. The molecule has 33 heavy (non-hydrogen) atoms. The molecule has 0 atom stereocenters. The molecule has 1 N–H and O–H groups in total. The van der Waals surface area contributed by atoms with Crippen molar-refractivity contribution < 1.29 is 23.9 Å². The molecule has 8 heteroatoms. The number of fused-ring (bicyclic) bond motifs is 1. The standard InChI is InChI=1S/C25H21N3O5/c1-27(15-22(29)26-17-9-13-19(33-2)14-10-17)23(30)16-7-11-18(12-8-16)28-24(31)20-5-3-4-6-21(20)25(28)32/h3-14H,15H2,1-2H3,(H,26,29). The molecule has 4 rings (SSSR count). The number of anilines is 2. The van der Waals surface area contributed by atoms with E-state index in [0.717, 1.165) is 4.90 Å². The van der Waals surface area contributed by atoms with Gasteiger partial charge in [-0.15, -0.1) is 0 Å². The molecule has 1 aliphatic heterocycles. The third-order valence-corrected chi connectivity index (χ3v) is 5.27. The smallest absolute Gasteiger partial charge is 0.266 e. The molecule has 1 aliphatic rings. The van der Waals surface area contributed by atoms with Gasteiger partial charge in [0.2, 0.25) is 5.91 Å². The summed E-state index contributed by atoms with van der Waals surface area (Å²) in [5, 5.41) is 2.73. The van der Waals surface area contributed by atoms with Crippen LogP contribution < -0.4 is 15.0 Å². The van der Waals surface area contributed by atoms with Gasteiger partial charge in [0.05, 0.1) is 30.5 Å². The Balaban J connectivity index is 1.40. The Bertz CT molecular complexity index is 1200. The van der Waals surface area contributed by atoms with Crippen LogP contribution in [0.4, 0.5) is 11.4 Å². The first-order valence-corrected chi connectivity index (χ1v) is 10.2. The second-order valence-electron chi connectivity index (χ2n) is 7.48. The van der Waals surface area contributed by atoms with Gasteiger partial charge >= 0.3 is 0 Å². The van der Waals surface area contributed by atoms with Crippen LogP contribution >= 0.6 is 0 Å². The summed E-state index contributed by atoms with van der Waals surface area (Å²) in [4.78, 5) is 52.7. The van der Waals surface area contributed by atoms with Crippen LogP contribution in [0.3, 0.4) is 0 Å². The number of benzene rings is 3. The average molecular weight is 443 g/mol. The van der Waals surface area contributed by atoms with Crippen molar-refractivity contribution in [1.82, 2.24) is 4.90 Å². The quantitative estimate of drug-likeness (QED) is 0.591. The number of methoxy groups -OCH3 is 1. The summed E-state index contributed by atoms with van der Waals surface area (Å²) in [5.74, 6) is -0.846. The summed E-state index contributed by atoms with van der Waals surface area (Å²) < 4.78 is 5.08. The number of rotatable bonds is 6. The van der Waals surface area contributed by atoms with Gasteiger partial charge in [-0.3, -0.25) is 19.2 Å². The normalized spacial score (nSPS) is 12.4. The highest BCUT2D eigenvalue weighted by Gasteiger charge is 2.36. The van der Waals surface area contributed by atoms with Crippen LogP contribution in [0.2, 0.25) is 0 Å². The molecular formula is C25H21N3O5. The number of carbonyl (C=O) groups is 4. The molecule has 0 saturated carbocycles. The van der Waals surface area contributed by atoms with E-state index in [1.165, 1.54) is 24.1 Å². The summed E-state index contributed by atoms with van der Waals surface area (Å²) in [6.45, 7) is -0.148. The monoisotopic (exact) mass is 443 g/mol. The van der Waals surface area contributed by atoms with Crippen molar-refractivity contribution >= 4 is 35.0 Å². The molecule has 0 aliphatic carbocycles. The van der Waals surface area contributed by atoms with E-state index in [1.807, 2.05) is 0 Å². The highest BCUT2D eigenvalue weighted by atomic mass is 16.5. The minimum absolute atomic E-state index is 0.148. The Hall–Kier alpha value is -4.46. The van der Waals surface area contributed by atoms with Crippen molar-refractivity contribution in [3.8, 4) is 5.75 Å². The summed E-state index contributed by atoms with van der Waals surface area (Å²) in [6.07, 6.45) is 0. The molecule has 3 aromatic rings. The number of nitrogens with zero attached hydrogens (tertiary/aromatic N) is 2. The molecule has 0 aromatic heterocycles. The first kappa shape index (κ1) is 21.8. The summed E-state index contributed by atoms with van der Waals surface area (Å²) in [6, 6.07) is 19.6. The van der Waals surface area contributed by atoms with Gasteiger partial charge in [0.15, 0.2) is 0 Å². The van der Waals surface area contributed by atoms with Crippen molar-refractivity contribution in [1.29, 1.82) is 0 Å². The summed E-state index contributed by atoms with van der Waals surface area (Å²) in [5.41, 5.74) is 2.00. The number of hydrogen-bond donors (Lipinski definition) is 1. The van der Waals surface area contributed by atoms with Gasteiger partial charge < -0.3 is 15.0 Å². The first-order chi connectivity index (χ1) is 15.9. The maximum absolute atomic E-state index is 12.7. The molecule has 8 nitrogen and oxygen atoms in total. The minimum Gasteiger partial charge on any atom is -0.497 e. The number of hydrogen-bond acceptors (Lipinski definition) is 5. The van der Waals surface area contributed by atoms with Gasteiger partial charge in [0.1, 0.15) is 5.75 Å². The summed E-state index contributed by atoms with van der Waals surface area (Å²) >= 11 is 0. The third kappa shape index (κ3) is 4.31. The van der Waals surface area contributed by atoms with Gasteiger partial charge in [-0.1, -0.05) is 12.1 Å². The topological polar surface area (TPSA) is 96.0 Å². The predicted octanol–water partition coefficient (Wildman–Crippen LogP) is 3.21. The lowest BCUT2D eigenvalue weighted by atomic mass is 10.1. The van der Waals surface area contributed by atoms with E-state index in [-0.39, 0.29) is 18.4 Å². The molecule has 1 heterocycles. The van der Waals surface area contributed by atoms with Gasteiger partial charge in [-0.25, -0.2) is 4.90 Å². The molecule has 0 spiro atoms. The molecule has 3 aromatic carbocycles. The lowest BCUT2D eigenvalue weighted by molar-refractivity contribution is -0.116. The highest BCUT2D eigenvalue weighted by Crippen LogP contribution is 2.28. The van der Waals surface area contributed by atoms with Gasteiger partial charge in [0, 0.05) is 18.3 Å². The summed E-state index contributed by atoms with van der Waals surface area (Å²) in [7, 11) is 3.08. The number of imide groups is 1. The van der Waals surface area contributed by atoms with E-state index in [4.69, 9.17) is 4.74 Å². The Morgan fingerprint density at radius 2 is 1.45 bits per heavy atom. The molecule has 0 saturated heterocycles. The van der Waals surface area contributed by atoms with E-state index >= 15 is 0 Å². The fourth-order valence-electron chi connectivity index (χ4n) is 3.56. The Labute approximate surface area is 190 Å². The Kier molecular flexibility index (Phi) is 5.91. The lowest BCUT2D eigenvalue weighted by Crippen LogP contribution is -2.35. The Morgan fingerprint density at radius 3 is 2.00 bits per heavy atom. The minimum atomic E-state index is -0.401. The number of ether oxygens (including phenoxy) is 1. The highest BCUT2D eigenvalue weighted by molar-refractivity contribution is 6.34. The van der Waals surface area contributed by atoms with Crippen LogP contribution in [0.25, 0.3) is 0 Å². The Morgan fingerprint density at radius 1 is 0.879 bits per heavy atom. The van der Waals surface area contributed by atoms with Crippen molar-refractivity contribution in [2.75, 3.05) is 30.9 Å². The fraction of sp³-hybridized carbons (Fsp3) is 0.120. The fourth-order valence-corrected chi connectivity index (χ4v) is 3.56. The zero-order valence-electron chi connectivity index (χ0n) is 18.1. The van der Waals surface area contributed by atoms with Crippen molar-refractivity contribution in [3.63, 3.8) is 0 Å². The van der Waals surface area contributed by atoms with E-state index < -0.39 is 11.8 Å². The number of likely N-dealkylation sites (N-methyl/N-ethyl adjacent to an activating group) is 1. The van der Waals surface area contributed by atoms with Crippen molar-refractivity contribution in [2.45, 2.75) is 0 Å². The van der Waals surface area contributed by atoms with Gasteiger partial charge in [0.25, 0.3) is 17.7 Å². The second-order valence-corrected chi connectivity index (χ2v) is 7.48. The van der Waals surface area contributed by atoms with E-state index in [2.05, 4.69) is 5.32 Å². The average Bonchev–Trinajstić information content (AvgIpc) is 3.09. The van der Waals surface area contributed by atoms with Crippen LogP contribution in [0.15, 0.2) is 72.8 Å². The largest absolute Gasteiger partial charge is 0.497 e. The molecule has 0 unspecified atom stereocenters. The zero-order valence-corrected chi connectivity index (χ0v) is 18.1. The molecule has 0 radical (unpaired) electrons. The molecule has 0 fully saturated rings. The lowest BCUT2D eigenvalue weighted by Gasteiger charge is -2.18. The van der Waals surface area contributed by atoms with Crippen molar-refractivity contribution in [3.05, 3.63) is 89.5 Å². The number of nitrogens with one attached hydrogen (secondary N) is 1. The maximum Gasteiger partial charge on any atom is 0.266 e. The van der Waals surface area contributed by atoms with Crippen molar-refractivity contribution in [2.24, 2.45) is 0 Å². The van der Waals surface area contributed by atoms with Gasteiger partial charge in [-0.2, -0.15) is 0 Å². The first-order valence-electron chi connectivity index (χ1n) is 10.2. The molecule has 0 bridgehead atoms.